The Labute approximate surface area is 100 Å². The van der Waals surface area contributed by atoms with Gasteiger partial charge < -0.3 is 4.74 Å². The molecule has 16 heavy (non-hydrogen) atoms. The van der Waals surface area contributed by atoms with Gasteiger partial charge in [-0.1, -0.05) is 26.7 Å². The first kappa shape index (κ1) is 13.9. The molecule has 0 aliphatic carbocycles. The molecule has 0 bridgehead atoms. The van der Waals surface area contributed by atoms with E-state index in [1.165, 1.54) is 25.7 Å². The van der Waals surface area contributed by atoms with E-state index in [9.17, 15) is 0 Å². The van der Waals surface area contributed by atoms with Crippen molar-refractivity contribution in [3.8, 4) is 0 Å². The molecule has 96 valence electrons. The molecule has 1 aliphatic rings. The third kappa shape index (κ3) is 4.04. The Hall–Kier alpha value is -0.120. The van der Waals surface area contributed by atoms with E-state index in [0.29, 0.717) is 6.04 Å². The minimum atomic E-state index is -0.0516. The summed E-state index contributed by atoms with van der Waals surface area (Å²) in [6.07, 6.45) is 7.20. The lowest BCUT2D eigenvalue weighted by molar-refractivity contribution is -0.0905. The molecular formula is C13H28N2O. The van der Waals surface area contributed by atoms with Crippen LogP contribution in [0.2, 0.25) is 0 Å². The fourth-order valence-electron chi connectivity index (χ4n) is 2.53. The summed E-state index contributed by atoms with van der Waals surface area (Å²) in [6, 6.07) is 0.298. The van der Waals surface area contributed by atoms with Crippen LogP contribution in [0.3, 0.4) is 0 Å². The molecule has 1 fully saturated rings. The Balaban J connectivity index is 2.39. The monoisotopic (exact) mass is 228 g/mol. The van der Waals surface area contributed by atoms with Crippen molar-refractivity contribution in [3.63, 3.8) is 0 Å². The van der Waals surface area contributed by atoms with E-state index in [-0.39, 0.29) is 5.60 Å². The maximum Gasteiger partial charge on any atom is 0.0820 e. The van der Waals surface area contributed by atoms with Crippen LogP contribution < -0.4 is 11.3 Å². The van der Waals surface area contributed by atoms with Crippen molar-refractivity contribution < 1.29 is 4.74 Å². The van der Waals surface area contributed by atoms with Crippen LogP contribution in [-0.2, 0) is 4.74 Å². The van der Waals surface area contributed by atoms with E-state index in [4.69, 9.17) is 10.6 Å². The normalized spacial score (nSPS) is 28.3. The number of ether oxygens (including phenoxy) is 1. The van der Waals surface area contributed by atoms with Crippen LogP contribution in [0.4, 0.5) is 0 Å². The van der Waals surface area contributed by atoms with Crippen molar-refractivity contribution in [1.29, 1.82) is 0 Å². The maximum atomic E-state index is 5.93. The molecule has 0 amide bonds. The first-order valence-corrected chi connectivity index (χ1v) is 6.68. The smallest absolute Gasteiger partial charge is 0.0820 e. The maximum absolute atomic E-state index is 5.93. The molecule has 1 heterocycles. The third-order valence-electron chi connectivity index (χ3n) is 3.71. The van der Waals surface area contributed by atoms with Gasteiger partial charge in [0.05, 0.1) is 5.60 Å². The number of nitrogens with one attached hydrogen (secondary N) is 1. The number of hydrogen-bond donors (Lipinski definition) is 2. The molecule has 0 aromatic heterocycles. The van der Waals surface area contributed by atoms with Gasteiger partial charge in [-0.2, -0.15) is 0 Å². The van der Waals surface area contributed by atoms with Crippen LogP contribution >= 0.6 is 0 Å². The van der Waals surface area contributed by atoms with Crippen molar-refractivity contribution in [2.24, 2.45) is 11.8 Å². The van der Waals surface area contributed by atoms with E-state index < -0.39 is 0 Å². The minimum Gasteiger partial charge on any atom is -0.374 e. The first-order chi connectivity index (χ1) is 7.58. The second kappa shape index (κ2) is 6.58. The number of hydrazine groups is 1. The van der Waals surface area contributed by atoms with Gasteiger partial charge in [0, 0.05) is 12.6 Å². The first-order valence-electron chi connectivity index (χ1n) is 6.68. The fraction of sp³-hybridized carbons (Fsp3) is 1.00. The summed E-state index contributed by atoms with van der Waals surface area (Å²) in [7, 11) is 0. The van der Waals surface area contributed by atoms with E-state index >= 15 is 0 Å². The van der Waals surface area contributed by atoms with Gasteiger partial charge in [0.2, 0.25) is 0 Å². The van der Waals surface area contributed by atoms with Crippen molar-refractivity contribution in [1.82, 2.24) is 5.43 Å². The minimum absolute atomic E-state index is 0.0516. The second-order valence-electron chi connectivity index (χ2n) is 5.66. The zero-order valence-electron chi connectivity index (χ0n) is 11.1. The molecule has 0 radical (unpaired) electrons. The lowest BCUT2D eigenvalue weighted by Crippen LogP contribution is -2.54. The second-order valence-corrected chi connectivity index (χ2v) is 5.66. The Morgan fingerprint density at radius 3 is 2.56 bits per heavy atom. The van der Waals surface area contributed by atoms with Gasteiger partial charge >= 0.3 is 0 Å². The molecule has 0 aromatic carbocycles. The van der Waals surface area contributed by atoms with Gasteiger partial charge in [-0.3, -0.25) is 11.3 Å². The van der Waals surface area contributed by atoms with Crippen LogP contribution in [0, 0.1) is 5.92 Å². The third-order valence-corrected chi connectivity index (χ3v) is 3.71. The zero-order chi connectivity index (χ0) is 12.0. The molecule has 1 rings (SSSR count). The van der Waals surface area contributed by atoms with Crippen LogP contribution in [0.25, 0.3) is 0 Å². The van der Waals surface area contributed by atoms with Gasteiger partial charge in [-0.05, 0) is 38.5 Å². The van der Waals surface area contributed by atoms with Crippen LogP contribution in [0.1, 0.15) is 59.3 Å². The lowest BCUT2D eigenvalue weighted by Gasteiger charge is -2.40. The summed E-state index contributed by atoms with van der Waals surface area (Å²) in [5.74, 6) is 6.45. The van der Waals surface area contributed by atoms with E-state index in [0.717, 1.165) is 25.4 Å². The van der Waals surface area contributed by atoms with Crippen LogP contribution in [0.15, 0.2) is 0 Å². The number of hydrogen-bond acceptors (Lipinski definition) is 3. The predicted octanol–water partition coefficient (Wildman–Crippen LogP) is 2.60. The molecule has 0 saturated carbocycles. The molecule has 0 spiro atoms. The standard InChI is InChI=1S/C13H28N2O/c1-11(2)7-6-8-12(15-14)13(3)9-4-5-10-16-13/h11-12,15H,4-10,14H2,1-3H3. The van der Waals surface area contributed by atoms with E-state index in [1.807, 2.05) is 0 Å². The SMILES string of the molecule is CC(C)CCCC(NN)C1(C)CCCCO1. The van der Waals surface area contributed by atoms with Crippen LogP contribution in [0.5, 0.6) is 0 Å². The van der Waals surface area contributed by atoms with Gasteiger partial charge in [0.15, 0.2) is 0 Å². The average molecular weight is 228 g/mol. The summed E-state index contributed by atoms with van der Waals surface area (Å²) in [4.78, 5) is 0. The van der Waals surface area contributed by atoms with Gasteiger partial charge in [0.25, 0.3) is 0 Å². The number of nitrogens with two attached hydrogens (primary N) is 1. The molecule has 2 unspecified atom stereocenters. The highest BCUT2D eigenvalue weighted by Crippen LogP contribution is 2.30. The summed E-state index contributed by atoms with van der Waals surface area (Å²) in [6.45, 7) is 7.62. The molecule has 3 nitrogen and oxygen atoms in total. The van der Waals surface area contributed by atoms with Crippen molar-refractivity contribution in [2.45, 2.75) is 70.9 Å². The number of rotatable bonds is 6. The highest BCUT2D eigenvalue weighted by molar-refractivity contribution is 4.90. The summed E-state index contributed by atoms with van der Waals surface area (Å²) < 4.78 is 5.93. The molecule has 1 saturated heterocycles. The molecule has 3 heteroatoms. The lowest BCUT2D eigenvalue weighted by atomic mass is 9.85. The Kier molecular flexibility index (Phi) is 5.73. The van der Waals surface area contributed by atoms with Crippen molar-refractivity contribution in [2.75, 3.05) is 6.61 Å². The molecular weight excluding hydrogens is 200 g/mol. The Morgan fingerprint density at radius 2 is 2.06 bits per heavy atom. The van der Waals surface area contributed by atoms with Gasteiger partial charge in [-0.25, -0.2) is 0 Å². The molecule has 1 aliphatic heterocycles. The largest absolute Gasteiger partial charge is 0.374 e. The van der Waals surface area contributed by atoms with E-state index in [1.54, 1.807) is 0 Å². The van der Waals surface area contributed by atoms with Crippen molar-refractivity contribution in [3.05, 3.63) is 0 Å². The molecule has 3 N–H and O–H groups in total. The predicted molar refractivity (Wildman–Crippen MR) is 68.0 cm³/mol. The summed E-state index contributed by atoms with van der Waals surface area (Å²) in [5.41, 5.74) is 2.91. The van der Waals surface area contributed by atoms with Gasteiger partial charge in [-0.15, -0.1) is 0 Å². The Bertz CT molecular complexity index is 188. The van der Waals surface area contributed by atoms with E-state index in [2.05, 4.69) is 26.2 Å². The highest BCUT2D eigenvalue weighted by atomic mass is 16.5. The molecule has 2 atom stereocenters. The summed E-state index contributed by atoms with van der Waals surface area (Å²) in [5, 5.41) is 0. The Morgan fingerprint density at radius 1 is 1.31 bits per heavy atom. The average Bonchev–Trinajstić information content (AvgIpc) is 2.25. The zero-order valence-corrected chi connectivity index (χ0v) is 11.1. The van der Waals surface area contributed by atoms with Crippen LogP contribution in [-0.4, -0.2) is 18.2 Å². The fourth-order valence-corrected chi connectivity index (χ4v) is 2.53. The topological polar surface area (TPSA) is 47.3 Å². The summed E-state index contributed by atoms with van der Waals surface area (Å²) >= 11 is 0. The highest BCUT2D eigenvalue weighted by Gasteiger charge is 2.35. The van der Waals surface area contributed by atoms with Gasteiger partial charge in [0.1, 0.15) is 0 Å². The quantitative estimate of drug-likeness (QED) is 0.542. The molecule has 0 aromatic rings. The van der Waals surface area contributed by atoms with Crippen molar-refractivity contribution >= 4 is 0 Å².